The van der Waals surface area contributed by atoms with E-state index < -0.39 is 5.60 Å². The highest BCUT2D eigenvalue weighted by Crippen LogP contribution is 2.10. The summed E-state index contributed by atoms with van der Waals surface area (Å²) in [5, 5.41) is 0.536. The zero-order valence-corrected chi connectivity index (χ0v) is 10.1. The van der Waals surface area contributed by atoms with E-state index in [0.29, 0.717) is 24.3 Å². The van der Waals surface area contributed by atoms with Crippen LogP contribution in [0.1, 0.15) is 40.0 Å². The van der Waals surface area contributed by atoms with Crippen molar-refractivity contribution >= 4 is 23.2 Å². The third kappa shape index (κ3) is 7.98. The predicted octanol–water partition coefficient (Wildman–Crippen LogP) is 2.47. The third-order valence-electron chi connectivity index (χ3n) is 1.41. The average molecular weight is 218 g/mol. The maximum atomic E-state index is 11.2. The minimum absolute atomic E-state index is 0.184. The molecule has 0 radical (unpaired) electrons. The Labute approximate surface area is 90.8 Å². The summed E-state index contributed by atoms with van der Waals surface area (Å²) in [5.74, 6) is -0.184. The fraction of sp³-hybridized carbons (Fsp3) is 0.800. The second-order valence-corrected chi connectivity index (χ2v) is 4.47. The van der Waals surface area contributed by atoms with Crippen molar-refractivity contribution in [2.45, 2.75) is 45.6 Å². The van der Waals surface area contributed by atoms with Crippen molar-refractivity contribution < 1.29 is 14.3 Å². The molecule has 0 bridgehead atoms. The lowest BCUT2D eigenvalue weighted by atomic mass is 10.2. The van der Waals surface area contributed by atoms with Crippen LogP contribution in [0.5, 0.6) is 0 Å². The van der Waals surface area contributed by atoms with Gasteiger partial charge in [-0.05, 0) is 39.4 Å². The number of ether oxygens (including phenoxy) is 2. The van der Waals surface area contributed by atoms with Gasteiger partial charge >= 0.3 is 5.97 Å². The van der Waals surface area contributed by atoms with Crippen LogP contribution in [0.3, 0.4) is 0 Å². The topological polar surface area (TPSA) is 35.5 Å². The van der Waals surface area contributed by atoms with Crippen molar-refractivity contribution in [1.29, 1.82) is 0 Å². The van der Waals surface area contributed by atoms with Crippen molar-refractivity contribution in [3.63, 3.8) is 0 Å². The molecule has 0 heterocycles. The van der Waals surface area contributed by atoms with Gasteiger partial charge in [0.15, 0.2) is 5.05 Å². The first-order valence-corrected chi connectivity index (χ1v) is 5.04. The second kappa shape index (κ2) is 5.96. The molecule has 0 aromatic heterocycles. The fourth-order valence-corrected chi connectivity index (χ4v) is 1.02. The summed E-state index contributed by atoms with van der Waals surface area (Å²) < 4.78 is 9.94. The zero-order valence-electron chi connectivity index (χ0n) is 9.25. The molecule has 0 N–H and O–H groups in total. The summed E-state index contributed by atoms with van der Waals surface area (Å²) in [6, 6.07) is 0. The maximum absolute atomic E-state index is 11.2. The molecule has 0 aromatic carbocycles. The largest absolute Gasteiger partial charge is 0.490 e. The van der Waals surface area contributed by atoms with Crippen LogP contribution in [-0.2, 0) is 14.3 Å². The van der Waals surface area contributed by atoms with Crippen LogP contribution in [-0.4, -0.2) is 23.7 Å². The Morgan fingerprint density at radius 3 is 2.29 bits per heavy atom. The lowest BCUT2D eigenvalue weighted by Crippen LogP contribution is -2.23. The van der Waals surface area contributed by atoms with Gasteiger partial charge in [-0.25, -0.2) is 0 Å². The van der Waals surface area contributed by atoms with Gasteiger partial charge in [0.25, 0.3) is 0 Å². The Kier molecular flexibility index (Phi) is 5.69. The van der Waals surface area contributed by atoms with E-state index in [1.807, 2.05) is 20.8 Å². The normalized spacial score (nSPS) is 10.9. The molecule has 0 aromatic rings. The predicted molar refractivity (Wildman–Crippen MR) is 59.3 cm³/mol. The van der Waals surface area contributed by atoms with Gasteiger partial charge in [0, 0.05) is 12.8 Å². The first-order chi connectivity index (χ1) is 6.35. The molecule has 4 heteroatoms. The van der Waals surface area contributed by atoms with E-state index in [2.05, 4.69) is 0 Å². The van der Waals surface area contributed by atoms with E-state index in [0.717, 1.165) is 0 Å². The van der Waals surface area contributed by atoms with Crippen molar-refractivity contribution in [2.24, 2.45) is 0 Å². The summed E-state index contributed by atoms with van der Waals surface area (Å²) in [7, 11) is 1.54. The molecule has 0 aliphatic rings. The molecule has 0 rings (SSSR count). The lowest BCUT2D eigenvalue weighted by molar-refractivity contribution is -0.154. The molecule has 0 saturated carbocycles. The first-order valence-electron chi connectivity index (χ1n) is 4.64. The standard InChI is InChI=1S/C10H18O3S/c1-10(2,3)13-8(11)6-5-7-9(14)12-4/h5-7H2,1-4H3. The summed E-state index contributed by atoms with van der Waals surface area (Å²) in [5.41, 5.74) is -0.404. The monoisotopic (exact) mass is 218 g/mol. The Bertz CT molecular complexity index is 206. The van der Waals surface area contributed by atoms with E-state index >= 15 is 0 Å². The molecular formula is C10H18O3S. The summed E-state index contributed by atoms with van der Waals surface area (Å²) >= 11 is 4.84. The van der Waals surface area contributed by atoms with E-state index in [1.165, 1.54) is 7.11 Å². The lowest BCUT2D eigenvalue weighted by Gasteiger charge is -2.19. The molecule has 0 amide bonds. The summed E-state index contributed by atoms with van der Waals surface area (Å²) in [6.07, 6.45) is 1.70. The van der Waals surface area contributed by atoms with Crippen LogP contribution in [0.4, 0.5) is 0 Å². The second-order valence-electron chi connectivity index (χ2n) is 4.02. The Balaban J connectivity index is 3.60. The van der Waals surface area contributed by atoms with E-state index in [9.17, 15) is 4.79 Å². The smallest absolute Gasteiger partial charge is 0.306 e. The van der Waals surface area contributed by atoms with Crippen LogP contribution in [0.2, 0.25) is 0 Å². The van der Waals surface area contributed by atoms with Gasteiger partial charge in [-0.1, -0.05) is 0 Å². The fourth-order valence-electron chi connectivity index (χ4n) is 0.872. The Morgan fingerprint density at radius 2 is 1.86 bits per heavy atom. The molecule has 0 atom stereocenters. The molecule has 14 heavy (non-hydrogen) atoms. The zero-order chi connectivity index (χ0) is 11.2. The summed E-state index contributed by atoms with van der Waals surface area (Å²) in [4.78, 5) is 11.2. The van der Waals surface area contributed by atoms with Crippen molar-refractivity contribution in [3.05, 3.63) is 0 Å². The van der Waals surface area contributed by atoms with Crippen molar-refractivity contribution in [1.82, 2.24) is 0 Å². The minimum atomic E-state index is -0.404. The third-order valence-corrected chi connectivity index (χ3v) is 1.78. The van der Waals surface area contributed by atoms with Gasteiger partial charge in [-0.2, -0.15) is 0 Å². The van der Waals surface area contributed by atoms with Crippen LogP contribution >= 0.6 is 12.2 Å². The molecule has 0 unspecified atom stereocenters. The van der Waals surface area contributed by atoms with Gasteiger partial charge in [-0.3, -0.25) is 4.79 Å². The number of hydrogen-bond acceptors (Lipinski definition) is 4. The molecule has 0 aliphatic heterocycles. The molecule has 0 spiro atoms. The highest BCUT2D eigenvalue weighted by molar-refractivity contribution is 7.80. The number of rotatable bonds is 4. The average Bonchev–Trinajstić information content (AvgIpc) is 2.00. The number of carbonyl (C=O) groups excluding carboxylic acids is 1. The number of methoxy groups -OCH3 is 1. The van der Waals surface area contributed by atoms with Crippen LogP contribution in [0, 0.1) is 0 Å². The SMILES string of the molecule is COC(=S)CCCC(=O)OC(C)(C)C. The van der Waals surface area contributed by atoms with Crippen LogP contribution < -0.4 is 0 Å². The number of hydrogen-bond donors (Lipinski definition) is 0. The Morgan fingerprint density at radius 1 is 1.29 bits per heavy atom. The summed E-state index contributed by atoms with van der Waals surface area (Å²) in [6.45, 7) is 5.56. The molecule has 0 aliphatic carbocycles. The quantitative estimate of drug-likeness (QED) is 0.536. The minimum Gasteiger partial charge on any atom is -0.490 e. The molecule has 0 saturated heterocycles. The van der Waals surface area contributed by atoms with Crippen molar-refractivity contribution in [3.8, 4) is 0 Å². The number of carbonyl (C=O) groups is 1. The molecule has 82 valence electrons. The Hall–Kier alpha value is -0.640. The van der Waals surface area contributed by atoms with E-state index in [-0.39, 0.29) is 5.97 Å². The highest BCUT2D eigenvalue weighted by Gasteiger charge is 2.15. The highest BCUT2D eigenvalue weighted by atomic mass is 32.1. The molecular weight excluding hydrogens is 200 g/mol. The van der Waals surface area contributed by atoms with Crippen LogP contribution in [0.25, 0.3) is 0 Å². The van der Waals surface area contributed by atoms with Crippen LogP contribution in [0.15, 0.2) is 0 Å². The van der Waals surface area contributed by atoms with Gasteiger partial charge in [0.1, 0.15) is 5.60 Å². The molecule has 0 fully saturated rings. The van der Waals surface area contributed by atoms with Gasteiger partial charge in [-0.15, -0.1) is 0 Å². The van der Waals surface area contributed by atoms with Gasteiger partial charge < -0.3 is 9.47 Å². The molecule has 3 nitrogen and oxygen atoms in total. The van der Waals surface area contributed by atoms with E-state index in [4.69, 9.17) is 21.7 Å². The van der Waals surface area contributed by atoms with Crippen molar-refractivity contribution in [2.75, 3.05) is 7.11 Å². The first kappa shape index (κ1) is 13.4. The van der Waals surface area contributed by atoms with Gasteiger partial charge in [0.2, 0.25) is 0 Å². The maximum Gasteiger partial charge on any atom is 0.306 e. The number of esters is 1. The van der Waals surface area contributed by atoms with E-state index in [1.54, 1.807) is 0 Å². The van der Waals surface area contributed by atoms with Gasteiger partial charge in [0.05, 0.1) is 7.11 Å². The number of thiocarbonyl (C=S) groups is 1.